The number of rotatable bonds is 4. The lowest BCUT2D eigenvalue weighted by atomic mass is 10.0. The number of hydrogen-bond acceptors (Lipinski definition) is 4. The number of methoxy groups -OCH3 is 1. The molecule has 0 spiro atoms. The molecule has 0 radical (unpaired) electrons. The molecular formula is C19H20N2O3S. The van der Waals surface area contributed by atoms with Crippen LogP contribution >= 0.6 is 11.3 Å². The maximum absolute atomic E-state index is 12.7. The van der Waals surface area contributed by atoms with Crippen LogP contribution in [0.5, 0.6) is 5.75 Å². The predicted molar refractivity (Wildman–Crippen MR) is 95.6 cm³/mol. The van der Waals surface area contributed by atoms with Crippen molar-refractivity contribution in [2.45, 2.75) is 6.54 Å². The molecule has 0 bridgehead atoms. The smallest absolute Gasteiger partial charge is 0.254 e. The quantitative estimate of drug-likeness (QED) is 0.846. The Hall–Kier alpha value is -2.34. The number of carbonyl (C=O) groups excluding carboxylic acids is 2. The van der Waals surface area contributed by atoms with Crippen molar-refractivity contribution < 1.29 is 14.3 Å². The van der Waals surface area contributed by atoms with Gasteiger partial charge in [-0.3, -0.25) is 9.59 Å². The Balaban J connectivity index is 1.39. The maximum atomic E-state index is 12.7. The minimum atomic E-state index is -0.0548. The Morgan fingerprint density at radius 3 is 2.64 bits per heavy atom. The summed E-state index contributed by atoms with van der Waals surface area (Å²) in [5.74, 6) is 1.22. The van der Waals surface area contributed by atoms with Gasteiger partial charge < -0.3 is 14.5 Å². The van der Waals surface area contributed by atoms with Crippen molar-refractivity contribution in [1.82, 2.24) is 9.80 Å². The van der Waals surface area contributed by atoms with E-state index in [1.54, 1.807) is 7.11 Å². The first kappa shape index (κ1) is 16.1. The molecule has 2 amide bonds. The summed E-state index contributed by atoms with van der Waals surface area (Å²) in [4.78, 5) is 29.0. The lowest BCUT2D eigenvalue weighted by Gasteiger charge is -2.22. The lowest BCUT2D eigenvalue weighted by Crippen LogP contribution is -2.35. The zero-order valence-corrected chi connectivity index (χ0v) is 14.9. The number of thiophene rings is 1. The van der Waals surface area contributed by atoms with E-state index in [4.69, 9.17) is 4.74 Å². The van der Waals surface area contributed by atoms with Crippen molar-refractivity contribution >= 4 is 23.2 Å². The Bertz CT molecular complexity index is 772. The fourth-order valence-electron chi connectivity index (χ4n) is 3.77. The van der Waals surface area contributed by atoms with Gasteiger partial charge in [0.25, 0.3) is 5.91 Å². The molecule has 4 rings (SSSR count). The number of nitrogens with zero attached hydrogens (tertiary/aromatic N) is 2. The van der Waals surface area contributed by atoms with Gasteiger partial charge in [0.15, 0.2) is 0 Å². The molecule has 5 nitrogen and oxygen atoms in total. The van der Waals surface area contributed by atoms with Crippen LogP contribution in [0.25, 0.3) is 0 Å². The summed E-state index contributed by atoms with van der Waals surface area (Å²) in [5.41, 5.74) is 1.83. The molecule has 1 aromatic carbocycles. The van der Waals surface area contributed by atoms with Crippen LogP contribution in [0.15, 0.2) is 41.1 Å². The summed E-state index contributed by atoms with van der Waals surface area (Å²) in [6, 6.07) is 9.66. The molecular weight excluding hydrogens is 336 g/mol. The van der Waals surface area contributed by atoms with E-state index in [2.05, 4.69) is 0 Å². The van der Waals surface area contributed by atoms with Gasteiger partial charge in [-0.25, -0.2) is 0 Å². The number of likely N-dealkylation sites (tertiary alicyclic amines) is 2. The summed E-state index contributed by atoms with van der Waals surface area (Å²) in [5, 5.41) is 3.78. The molecule has 0 aliphatic carbocycles. The van der Waals surface area contributed by atoms with Crippen LogP contribution in [0, 0.1) is 11.8 Å². The molecule has 2 fully saturated rings. The Morgan fingerprint density at radius 1 is 1.20 bits per heavy atom. The highest BCUT2D eigenvalue weighted by atomic mass is 32.1. The average molecular weight is 356 g/mol. The SMILES string of the molecule is COc1ccc(CN2C[C@@H]3CN(C(=O)c4ccsc4)C[C@@H]3C2=O)cc1. The van der Waals surface area contributed by atoms with E-state index in [1.165, 1.54) is 11.3 Å². The topological polar surface area (TPSA) is 49.9 Å². The molecule has 2 aromatic rings. The highest BCUT2D eigenvalue weighted by Gasteiger charge is 2.47. The van der Waals surface area contributed by atoms with Crippen LogP contribution in [0.1, 0.15) is 15.9 Å². The second kappa shape index (κ2) is 6.52. The lowest BCUT2D eigenvalue weighted by molar-refractivity contribution is -0.131. The van der Waals surface area contributed by atoms with E-state index in [0.717, 1.165) is 23.4 Å². The molecule has 3 heterocycles. The van der Waals surface area contributed by atoms with Crippen molar-refractivity contribution in [3.05, 3.63) is 52.2 Å². The van der Waals surface area contributed by atoms with E-state index >= 15 is 0 Å². The number of carbonyl (C=O) groups is 2. The minimum absolute atomic E-state index is 0.0464. The van der Waals surface area contributed by atoms with E-state index in [0.29, 0.717) is 19.6 Å². The average Bonchev–Trinajstić information content (AvgIpc) is 3.35. The zero-order chi connectivity index (χ0) is 17.4. The normalized spacial score (nSPS) is 22.4. The van der Waals surface area contributed by atoms with Crippen LogP contribution < -0.4 is 4.74 Å². The van der Waals surface area contributed by atoms with Crippen LogP contribution in [0.4, 0.5) is 0 Å². The number of hydrogen-bond donors (Lipinski definition) is 0. The molecule has 0 N–H and O–H groups in total. The standard InChI is InChI=1S/C19H20N2O3S/c1-24-16-4-2-13(3-5-16)8-20-9-15-10-21(11-17(15)19(20)23)18(22)14-6-7-25-12-14/h2-7,12,15,17H,8-11H2,1H3/t15-,17+/m1/s1. The maximum Gasteiger partial charge on any atom is 0.254 e. The molecule has 2 aliphatic heterocycles. The first-order valence-electron chi connectivity index (χ1n) is 8.39. The van der Waals surface area contributed by atoms with Gasteiger partial charge in [0.05, 0.1) is 18.6 Å². The number of amides is 2. The van der Waals surface area contributed by atoms with E-state index in [9.17, 15) is 9.59 Å². The number of ether oxygens (including phenoxy) is 1. The zero-order valence-electron chi connectivity index (χ0n) is 14.1. The van der Waals surface area contributed by atoms with Crippen molar-refractivity contribution in [2.75, 3.05) is 26.7 Å². The van der Waals surface area contributed by atoms with Crippen LogP contribution in [0.3, 0.4) is 0 Å². The second-order valence-corrected chi connectivity index (χ2v) is 7.44. The van der Waals surface area contributed by atoms with E-state index in [1.807, 2.05) is 50.9 Å². The molecule has 130 valence electrons. The minimum Gasteiger partial charge on any atom is -0.497 e. The third-order valence-electron chi connectivity index (χ3n) is 5.11. The molecule has 2 aliphatic rings. The molecule has 2 atom stereocenters. The fourth-order valence-corrected chi connectivity index (χ4v) is 4.40. The van der Waals surface area contributed by atoms with Crippen molar-refractivity contribution in [3.63, 3.8) is 0 Å². The largest absolute Gasteiger partial charge is 0.497 e. The van der Waals surface area contributed by atoms with E-state index < -0.39 is 0 Å². The summed E-state index contributed by atoms with van der Waals surface area (Å²) in [7, 11) is 1.64. The van der Waals surface area contributed by atoms with Crippen molar-refractivity contribution in [2.24, 2.45) is 11.8 Å². The summed E-state index contributed by atoms with van der Waals surface area (Å²) in [6.07, 6.45) is 0. The first-order valence-corrected chi connectivity index (χ1v) is 9.33. The highest BCUT2D eigenvalue weighted by molar-refractivity contribution is 7.08. The van der Waals surface area contributed by atoms with E-state index in [-0.39, 0.29) is 23.7 Å². The van der Waals surface area contributed by atoms with Gasteiger partial charge in [0.1, 0.15) is 5.75 Å². The van der Waals surface area contributed by atoms with Crippen molar-refractivity contribution in [1.29, 1.82) is 0 Å². The molecule has 1 aromatic heterocycles. The molecule has 0 unspecified atom stereocenters. The monoisotopic (exact) mass is 356 g/mol. The molecule has 2 saturated heterocycles. The summed E-state index contributed by atoms with van der Waals surface area (Å²) < 4.78 is 5.17. The van der Waals surface area contributed by atoms with Gasteiger partial charge in [0.2, 0.25) is 5.91 Å². The van der Waals surface area contributed by atoms with Gasteiger partial charge in [-0.15, -0.1) is 0 Å². The molecule has 25 heavy (non-hydrogen) atoms. The second-order valence-electron chi connectivity index (χ2n) is 6.66. The van der Waals surface area contributed by atoms with Crippen LogP contribution in [0.2, 0.25) is 0 Å². The van der Waals surface area contributed by atoms with Crippen LogP contribution in [-0.2, 0) is 11.3 Å². The summed E-state index contributed by atoms with van der Waals surface area (Å²) >= 11 is 1.52. The third kappa shape index (κ3) is 3.02. The highest BCUT2D eigenvalue weighted by Crippen LogP contribution is 2.34. The van der Waals surface area contributed by atoms with Gasteiger partial charge in [-0.2, -0.15) is 11.3 Å². The summed E-state index contributed by atoms with van der Waals surface area (Å²) in [6.45, 7) is 2.55. The van der Waals surface area contributed by atoms with Gasteiger partial charge >= 0.3 is 0 Å². The third-order valence-corrected chi connectivity index (χ3v) is 5.80. The molecule has 6 heteroatoms. The van der Waals surface area contributed by atoms with Gasteiger partial charge in [-0.1, -0.05) is 12.1 Å². The Kier molecular flexibility index (Phi) is 4.21. The number of fused-ring (bicyclic) bond motifs is 1. The number of benzene rings is 1. The fraction of sp³-hybridized carbons (Fsp3) is 0.368. The Morgan fingerprint density at radius 2 is 2.00 bits per heavy atom. The Labute approximate surface area is 150 Å². The van der Waals surface area contributed by atoms with Crippen LogP contribution in [-0.4, -0.2) is 48.4 Å². The van der Waals surface area contributed by atoms with Crippen molar-refractivity contribution in [3.8, 4) is 5.75 Å². The predicted octanol–water partition coefficient (Wildman–Crippen LogP) is 2.49. The first-order chi connectivity index (χ1) is 12.2. The van der Waals surface area contributed by atoms with Gasteiger partial charge in [-0.05, 0) is 29.1 Å². The molecule has 0 saturated carbocycles. The van der Waals surface area contributed by atoms with Gasteiger partial charge in [0, 0.05) is 37.5 Å².